The lowest BCUT2D eigenvalue weighted by atomic mass is 9.79. The van der Waals surface area contributed by atoms with E-state index in [0.717, 1.165) is 5.69 Å². The van der Waals surface area contributed by atoms with Gasteiger partial charge in [-0.3, -0.25) is 0 Å². The van der Waals surface area contributed by atoms with Crippen molar-refractivity contribution >= 4 is 17.0 Å². The van der Waals surface area contributed by atoms with Crippen LogP contribution >= 0.6 is 11.3 Å². The van der Waals surface area contributed by atoms with Gasteiger partial charge in [0.15, 0.2) is 0 Å². The topological polar surface area (TPSA) is 34.1 Å². The van der Waals surface area contributed by atoms with Crippen LogP contribution in [0.1, 0.15) is 59.7 Å². The Kier molecular flexibility index (Phi) is 5.79. The van der Waals surface area contributed by atoms with E-state index in [1.165, 1.54) is 46.7 Å². The molecular weight excluding hydrogens is 364 g/mol. The molecule has 1 atom stereocenters. The van der Waals surface area contributed by atoms with E-state index >= 15 is 0 Å². The number of nitrogens with one attached hydrogen (secondary N) is 1. The summed E-state index contributed by atoms with van der Waals surface area (Å²) in [7, 11) is 1.73. The Morgan fingerprint density at radius 3 is 2.64 bits per heavy atom. The quantitative estimate of drug-likeness (QED) is 0.511. The van der Waals surface area contributed by atoms with Gasteiger partial charge in [-0.15, -0.1) is 11.3 Å². The highest BCUT2D eigenvalue weighted by Gasteiger charge is 2.40. The van der Waals surface area contributed by atoms with Crippen LogP contribution in [0, 0.1) is 0 Å². The van der Waals surface area contributed by atoms with E-state index in [4.69, 9.17) is 9.72 Å². The van der Waals surface area contributed by atoms with Crippen LogP contribution in [0.25, 0.3) is 0 Å². The van der Waals surface area contributed by atoms with E-state index in [1.54, 1.807) is 7.11 Å². The first-order valence-corrected chi connectivity index (χ1v) is 10.9. The largest absolute Gasteiger partial charge is 0.380 e. The molecule has 3 nitrogen and oxygen atoms in total. The molecule has 2 aromatic carbocycles. The summed E-state index contributed by atoms with van der Waals surface area (Å²) >= 11 is 1.87. The molecule has 4 heteroatoms. The first-order chi connectivity index (χ1) is 13.7. The lowest BCUT2D eigenvalue weighted by Crippen LogP contribution is -2.23. The molecule has 1 aliphatic carbocycles. The molecule has 0 radical (unpaired) electrons. The molecule has 0 aliphatic heterocycles. The van der Waals surface area contributed by atoms with Crippen LogP contribution < -0.4 is 5.32 Å². The van der Waals surface area contributed by atoms with Crippen molar-refractivity contribution in [2.24, 2.45) is 0 Å². The lowest BCUT2D eigenvalue weighted by molar-refractivity contribution is 0.185. The van der Waals surface area contributed by atoms with Crippen molar-refractivity contribution in [1.82, 2.24) is 4.98 Å². The number of nitrogens with zero attached hydrogens (tertiary/aromatic N) is 1. The normalized spacial score (nSPS) is 16.8. The standard InChI is InChI=1S/C24H28N2OS/c1-18(26-21-12-8-9-19(15-21)17-27-2)22-16-25-23(28-22)24(13-6-7-14-24)20-10-4-3-5-11-20/h3-5,8-12,15-16,18,26H,6-7,13-14,17H2,1-2H3. The summed E-state index contributed by atoms with van der Waals surface area (Å²) in [5.41, 5.74) is 3.82. The molecule has 146 valence electrons. The minimum absolute atomic E-state index is 0.0995. The Morgan fingerprint density at radius 2 is 1.89 bits per heavy atom. The number of benzene rings is 2. The van der Waals surface area contributed by atoms with Crippen molar-refractivity contribution in [1.29, 1.82) is 0 Å². The number of anilines is 1. The highest BCUT2D eigenvalue weighted by Crippen LogP contribution is 2.48. The van der Waals surface area contributed by atoms with Crippen molar-refractivity contribution in [3.63, 3.8) is 0 Å². The number of aromatic nitrogens is 1. The number of hydrogen-bond donors (Lipinski definition) is 1. The Bertz CT molecular complexity index is 900. The summed E-state index contributed by atoms with van der Waals surface area (Å²) in [5, 5.41) is 4.90. The fourth-order valence-electron chi connectivity index (χ4n) is 4.31. The summed E-state index contributed by atoms with van der Waals surface area (Å²) < 4.78 is 5.25. The van der Waals surface area contributed by atoms with Gasteiger partial charge in [-0.05, 0) is 43.0 Å². The maximum atomic E-state index is 5.25. The molecule has 1 fully saturated rings. The zero-order valence-electron chi connectivity index (χ0n) is 16.7. The third-order valence-electron chi connectivity index (χ3n) is 5.76. The van der Waals surface area contributed by atoms with Gasteiger partial charge in [-0.25, -0.2) is 4.98 Å². The van der Waals surface area contributed by atoms with Gasteiger partial charge in [0.25, 0.3) is 0 Å². The van der Waals surface area contributed by atoms with Gasteiger partial charge in [0.2, 0.25) is 0 Å². The molecule has 1 N–H and O–H groups in total. The van der Waals surface area contributed by atoms with Gasteiger partial charge in [0.1, 0.15) is 5.01 Å². The predicted molar refractivity (Wildman–Crippen MR) is 117 cm³/mol. The fraction of sp³-hybridized carbons (Fsp3) is 0.375. The van der Waals surface area contributed by atoms with Crippen LogP contribution in [0.5, 0.6) is 0 Å². The molecule has 1 aliphatic rings. The van der Waals surface area contributed by atoms with Gasteiger partial charge in [-0.2, -0.15) is 0 Å². The van der Waals surface area contributed by atoms with Gasteiger partial charge in [0.05, 0.1) is 12.6 Å². The van der Waals surface area contributed by atoms with Crippen molar-refractivity contribution in [3.8, 4) is 0 Å². The van der Waals surface area contributed by atoms with E-state index in [2.05, 4.69) is 73.0 Å². The third-order valence-corrected chi connectivity index (χ3v) is 7.15. The molecule has 0 amide bonds. The molecular formula is C24H28N2OS. The predicted octanol–water partition coefficient (Wildman–Crippen LogP) is 6.32. The van der Waals surface area contributed by atoms with Crippen molar-refractivity contribution in [3.05, 3.63) is 81.8 Å². The van der Waals surface area contributed by atoms with Gasteiger partial charge in [-0.1, -0.05) is 55.3 Å². The van der Waals surface area contributed by atoms with E-state index in [9.17, 15) is 0 Å². The van der Waals surface area contributed by atoms with Crippen molar-refractivity contribution in [2.75, 3.05) is 12.4 Å². The molecule has 0 bridgehead atoms. The molecule has 0 saturated heterocycles. The maximum Gasteiger partial charge on any atom is 0.103 e. The molecule has 28 heavy (non-hydrogen) atoms. The van der Waals surface area contributed by atoms with Crippen LogP contribution in [0.2, 0.25) is 0 Å². The molecule has 1 saturated carbocycles. The summed E-state index contributed by atoms with van der Waals surface area (Å²) in [6.07, 6.45) is 7.03. The highest BCUT2D eigenvalue weighted by atomic mass is 32.1. The van der Waals surface area contributed by atoms with E-state index in [1.807, 2.05) is 11.3 Å². The number of thiazole rings is 1. The summed E-state index contributed by atoms with van der Waals surface area (Å²) in [6.45, 7) is 2.85. The average molecular weight is 393 g/mol. The van der Waals surface area contributed by atoms with E-state index < -0.39 is 0 Å². The van der Waals surface area contributed by atoms with Crippen molar-refractivity contribution in [2.45, 2.75) is 50.7 Å². The third kappa shape index (κ3) is 3.85. The zero-order valence-corrected chi connectivity index (χ0v) is 17.5. The van der Waals surface area contributed by atoms with Crippen LogP contribution in [0.4, 0.5) is 5.69 Å². The second kappa shape index (κ2) is 8.46. The SMILES string of the molecule is COCc1cccc(NC(C)c2cnc(C3(c4ccccc4)CCCC3)s2)c1. The molecule has 3 aromatic rings. The summed E-state index contributed by atoms with van der Waals surface area (Å²) in [6, 6.07) is 19.6. The zero-order chi connectivity index (χ0) is 19.4. The Morgan fingerprint density at radius 1 is 1.11 bits per heavy atom. The molecule has 0 spiro atoms. The van der Waals surface area contributed by atoms with Gasteiger partial charge >= 0.3 is 0 Å². The Balaban J connectivity index is 1.56. The Labute approximate surface area is 171 Å². The van der Waals surface area contributed by atoms with Gasteiger partial charge < -0.3 is 10.1 Å². The van der Waals surface area contributed by atoms with Crippen LogP contribution in [-0.2, 0) is 16.8 Å². The second-order valence-electron chi connectivity index (χ2n) is 7.72. The first-order valence-electron chi connectivity index (χ1n) is 10.1. The van der Waals surface area contributed by atoms with Crippen LogP contribution in [0.3, 0.4) is 0 Å². The molecule has 1 aromatic heterocycles. The summed E-state index contributed by atoms with van der Waals surface area (Å²) in [4.78, 5) is 6.20. The smallest absolute Gasteiger partial charge is 0.103 e. The van der Waals surface area contributed by atoms with Gasteiger partial charge in [0, 0.05) is 29.3 Å². The Hall–Kier alpha value is -2.17. The van der Waals surface area contributed by atoms with Crippen molar-refractivity contribution < 1.29 is 4.74 Å². The minimum Gasteiger partial charge on any atom is -0.380 e. The monoisotopic (exact) mass is 392 g/mol. The maximum absolute atomic E-state index is 5.25. The van der Waals surface area contributed by atoms with E-state index in [0.29, 0.717) is 6.61 Å². The molecule has 4 rings (SSSR count). The fourth-order valence-corrected chi connectivity index (χ4v) is 5.50. The second-order valence-corrected chi connectivity index (χ2v) is 8.78. The average Bonchev–Trinajstić information content (AvgIpc) is 3.40. The lowest BCUT2D eigenvalue weighted by Gasteiger charge is -2.27. The van der Waals surface area contributed by atoms with E-state index in [-0.39, 0.29) is 11.5 Å². The number of hydrogen-bond acceptors (Lipinski definition) is 4. The minimum atomic E-state index is 0.0995. The molecule has 1 heterocycles. The van der Waals surface area contributed by atoms with Crippen LogP contribution in [-0.4, -0.2) is 12.1 Å². The summed E-state index contributed by atoms with van der Waals surface area (Å²) in [5.74, 6) is 0. The highest BCUT2D eigenvalue weighted by molar-refractivity contribution is 7.11. The number of rotatable bonds is 7. The first kappa shape index (κ1) is 19.2. The van der Waals surface area contributed by atoms with Crippen LogP contribution in [0.15, 0.2) is 60.8 Å². The number of ether oxygens (including phenoxy) is 1. The number of methoxy groups -OCH3 is 1. The molecule has 1 unspecified atom stereocenters.